The van der Waals surface area contributed by atoms with Gasteiger partial charge in [-0.1, -0.05) is 36.4 Å². The van der Waals surface area contributed by atoms with E-state index >= 15 is 0 Å². The number of fused-ring (bicyclic) bond motifs is 1. The van der Waals surface area contributed by atoms with Crippen molar-refractivity contribution in [2.45, 2.75) is 101 Å². The van der Waals surface area contributed by atoms with Crippen LogP contribution < -0.4 is 16.0 Å². The summed E-state index contributed by atoms with van der Waals surface area (Å²) in [6.45, 7) is 7.73. The summed E-state index contributed by atoms with van der Waals surface area (Å²) in [5.41, 5.74) is 1.85. The number of ketones is 1. The van der Waals surface area contributed by atoms with Crippen LogP contribution in [0.2, 0.25) is 0 Å². The van der Waals surface area contributed by atoms with Crippen LogP contribution in [-0.4, -0.2) is 71.3 Å². The minimum absolute atomic E-state index is 0.127. The molecule has 1 aromatic rings. The maximum absolute atomic E-state index is 14.4. The summed E-state index contributed by atoms with van der Waals surface area (Å²) in [5.74, 6) is -0.738. The lowest BCUT2D eigenvalue weighted by Crippen LogP contribution is -2.59. The first-order valence-corrected chi connectivity index (χ1v) is 17.4. The van der Waals surface area contributed by atoms with Gasteiger partial charge in [0.15, 0.2) is 0 Å². The van der Waals surface area contributed by atoms with Gasteiger partial charge in [-0.3, -0.25) is 19.2 Å². The van der Waals surface area contributed by atoms with Crippen molar-refractivity contribution in [3.8, 4) is 0 Å². The summed E-state index contributed by atoms with van der Waals surface area (Å²) in [5, 5.41) is 8.25. The van der Waals surface area contributed by atoms with E-state index in [0.29, 0.717) is 56.4 Å². The van der Waals surface area contributed by atoms with Crippen molar-refractivity contribution >= 4 is 29.6 Å². The maximum atomic E-state index is 14.4. The molecule has 4 bridgehead atoms. The average Bonchev–Trinajstić information content (AvgIpc) is 3.71. The van der Waals surface area contributed by atoms with Gasteiger partial charge < -0.3 is 25.6 Å². The number of benzene rings is 1. The first-order valence-electron chi connectivity index (χ1n) is 17.4. The third-order valence-corrected chi connectivity index (χ3v) is 11.1. The quantitative estimate of drug-likeness (QED) is 0.221. The average molecular weight is 645 g/mol. The van der Waals surface area contributed by atoms with Gasteiger partial charge in [0.05, 0.1) is 6.04 Å². The molecule has 5 fully saturated rings. The topological polar surface area (TPSA) is 134 Å². The Labute approximate surface area is 277 Å². The fourth-order valence-corrected chi connectivity index (χ4v) is 9.43. The molecule has 7 rings (SSSR count). The van der Waals surface area contributed by atoms with E-state index in [0.717, 1.165) is 30.4 Å². The van der Waals surface area contributed by atoms with E-state index in [-0.39, 0.29) is 24.8 Å². The molecule has 0 radical (unpaired) electrons. The van der Waals surface area contributed by atoms with E-state index in [9.17, 15) is 24.0 Å². The number of hydrogen-bond donors (Lipinski definition) is 3. The Bertz CT molecular complexity index is 1360. The molecule has 4 saturated carbocycles. The molecule has 252 valence electrons. The predicted octanol–water partition coefficient (Wildman–Crippen LogP) is 3.78. The second-order valence-corrected chi connectivity index (χ2v) is 14.5. The summed E-state index contributed by atoms with van der Waals surface area (Å²) in [6, 6.07) is 5.32. The number of ether oxygens (including phenoxy) is 1. The van der Waals surface area contributed by atoms with Crippen LogP contribution in [0.4, 0.5) is 4.79 Å². The molecule has 3 atom stereocenters. The summed E-state index contributed by atoms with van der Waals surface area (Å²) < 4.78 is 6.28. The molecule has 0 spiro atoms. The van der Waals surface area contributed by atoms with Crippen LogP contribution in [0.25, 0.3) is 0 Å². The monoisotopic (exact) mass is 644 g/mol. The lowest BCUT2D eigenvalue weighted by Gasteiger charge is -2.55. The molecule has 1 aliphatic heterocycles. The van der Waals surface area contributed by atoms with Crippen molar-refractivity contribution in [2.24, 2.45) is 23.7 Å². The van der Waals surface area contributed by atoms with E-state index in [1.165, 1.54) is 25.3 Å². The van der Waals surface area contributed by atoms with Gasteiger partial charge in [-0.15, -0.1) is 13.2 Å². The Kier molecular flexibility index (Phi) is 9.85. The number of alkyl carbamates (subject to hydrolysis) is 1. The van der Waals surface area contributed by atoms with Crippen LogP contribution in [-0.2, 0) is 36.8 Å². The molecule has 1 aromatic carbocycles. The van der Waals surface area contributed by atoms with E-state index in [4.69, 9.17) is 4.74 Å². The fraction of sp³-hybridized carbons (Fsp3) is 0.595. The van der Waals surface area contributed by atoms with Crippen molar-refractivity contribution in [1.29, 1.82) is 0 Å². The van der Waals surface area contributed by atoms with Crippen molar-refractivity contribution in [3.05, 3.63) is 60.7 Å². The highest BCUT2D eigenvalue weighted by Crippen LogP contribution is 2.57. The van der Waals surface area contributed by atoms with Gasteiger partial charge in [0.25, 0.3) is 5.91 Å². The zero-order valence-corrected chi connectivity index (χ0v) is 27.2. The molecule has 5 aliphatic carbocycles. The zero-order chi connectivity index (χ0) is 33.1. The van der Waals surface area contributed by atoms with Gasteiger partial charge in [0.2, 0.25) is 17.6 Å². The molecule has 0 aromatic heterocycles. The highest BCUT2D eigenvalue weighted by atomic mass is 16.6. The highest BCUT2D eigenvalue weighted by Gasteiger charge is 2.54. The van der Waals surface area contributed by atoms with Crippen molar-refractivity contribution in [3.63, 3.8) is 0 Å². The molecule has 47 heavy (non-hydrogen) atoms. The summed E-state index contributed by atoms with van der Waals surface area (Å²) in [6.07, 6.45) is 11.8. The number of likely N-dealkylation sites (tertiary alicyclic amines) is 1. The second-order valence-electron chi connectivity index (χ2n) is 14.5. The first-order chi connectivity index (χ1) is 22.7. The SMILES string of the molecule is C=CCCC(NC(=O)[C@@H]1CCCN1C(=O)[C@@H](NC(=O)OC12CC3CC(CC(C3)C1)C2)C1Cc2ccccc2C1)C(=O)C(=O)NCC=C. The molecule has 1 heterocycles. The third-order valence-electron chi connectivity index (χ3n) is 11.1. The van der Waals surface area contributed by atoms with Crippen molar-refractivity contribution in [1.82, 2.24) is 20.9 Å². The van der Waals surface area contributed by atoms with E-state index in [1.54, 1.807) is 11.0 Å². The zero-order valence-electron chi connectivity index (χ0n) is 27.2. The third kappa shape index (κ3) is 7.16. The molecule has 10 nitrogen and oxygen atoms in total. The normalized spacial score (nSPS) is 28.6. The van der Waals surface area contributed by atoms with Gasteiger partial charge in [0.1, 0.15) is 17.7 Å². The van der Waals surface area contributed by atoms with Crippen molar-refractivity contribution < 1.29 is 28.7 Å². The van der Waals surface area contributed by atoms with E-state index in [2.05, 4.69) is 41.2 Å². The fourth-order valence-electron chi connectivity index (χ4n) is 9.43. The molecule has 10 heteroatoms. The Morgan fingerprint density at radius 1 is 0.936 bits per heavy atom. The van der Waals surface area contributed by atoms with Crippen LogP contribution >= 0.6 is 0 Å². The number of carbonyl (C=O) groups excluding carboxylic acids is 5. The van der Waals surface area contributed by atoms with Gasteiger partial charge in [-0.2, -0.15) is 0 Å². The second kappa shape index (κ2) is 14.0. The van der Waals surface area contributed by atoms with Crippen molar-refractivity contribution in [2.75, 3.05) is 13.1 Å². The van der Waals surface area contributed by atoms with E-state index in [1.807, 2.05) is 12.1 Å². The summed E-state index contributed by atoms with van der Waals surface area (Å²) >= 11 is 0. The largest absolute Gasteiger partial charge is 0.443 e. The Hall–Kier alpha value is -3.95. The lowest BCUT2D eigenvalue weighted by molar-refractivity contribution is -0.144. The van der Waals surface area contributed by atoms with E-state index < -0.39 is 47.4 Å². The number of nitrogens with zero attached hydrogens (tertiary/aromatic N) is 1. The lowest BCUT2D eigenvalue weighted by atomic mass is 9.54. The Morgan fingerprint density at radius 3 is 2.17 bits per heavy atom. The van der Waals surface area contributed by atoms with Crippen LogP contribution in [0, 0.1) is 23.7 Å². The van der Waals surface area contributed by atoms with Crippen LogP contribution in [0.3, 0.4) is 0 Å². The highest BCUT2D eigenvalue weighted by molar-refractivity contribution is 6.38. The summed E-state index contributed by atoms with van der Waals surface area (Å²) in [7, 11) is 0. The first kappa shape index (κ1) is 33.0. The molecule has 1 unspecified atom stereocenters. The minimum atomic E-state index is -1.06. The van der Waals surface area contributed by atoms with Gasteiger partial charge in [-0.05, 0) is 112 Å². The smallest absolute Gasteiger partial charge is 0.408 e. The summed E-state index contributed by atoms with van der Waals surface area (Å²) in [4.78, 5) is 68.8. The number of allylic oxidation sites excluding steroid dienone is 1. The molecule has 3 N–H and O–H groups in total. The Morgan fingerprint density at radius 2 is 1.57 bits per heavy atom. The molecule has 4 amide bonds. The standard InChI is InChI=1S/C37H48N4O6/c1-3-5-11-29(32(42)34(44)38-13-4-2)39-33(43)30-12-8-14-41(30)35(45)31(28-18-26-9-6-7-10-27(26)19-28)40-36(46)47-37-20-23-15-24(21-37)17-25(16-23)22-37/h3-4,6-7,9-10,23-25,28-31H,1-2,5,8,11-22H2,(H,38,44)(H,39,43)(H,40,46)/t23?,24?,25?,29?,30-,31-,37?/m0/s1. The number of carbonyl (C=O) groups is 5. The van der Waals surface area contributed by atoms with Gasteiger partial charge in [0, 0.05) is 13.1 Å². The van der Waals surface area contributed by atoms with Gasteiger partial charge in [-0.25, -0.2) is 4.79 Å². The number of amides is 4. The minimum Gasteiger partial charge on any atom is -0.443 e. The number of rotatable bonds is 13. The Balaban J connectivity index is 1.17. The number of nitrogens with one attached hydrogen (secondary N) is 3. The molecule has 1 saturated heterocycles. The van der Waals surface area contributed by atoms with Crippen LogP contribution in [0.1, 0.15) is 75.3 Å². The predicted molar refractivity (Wildman–Crippen MR) is 176 cm³/mol. The molecule has 6 aliphatic rings. The number of hydrogen-bond acceptors (Lipinski definition) is 6. The molecular formula is C37H48N4O6. The number of Topliss-reactive ketones (excluding diaryl/α,β-unsaturated/α-hetero) is 1. The van der Waals surface area contributed by atoms with Crippen LogP contribution in [0.5, 0.6) is 0 Å². The van der Waals surface area contributed by atoms with Crippen LogP contribution in [0.15, 0.2) is 49.6 Å². The molecular weight excluding hydrogens is 596 g/mol. The maximum Gasteiger partial charge on any atom is 0.408 e. The van der Waals surface area contributed by atoms with Gasteiger partial charge >= 0.3 is 6.09 Å².